The molecule has 0 radical (unpaired) electrons. The van der Waals surface area contributed by atoms with Gasteiger partial charge in [-0.15, -0.1) is 11.3 Å². The molecule has 3 heterocycles. The number of nitrogens with zero attached hydrogens (tertiary/aromatic N) is 2. The van der Waals surface area contributed by atoms with Crippen LogP contribution in [0.3, 0.4) is 0 Å². The summed E-state index contributed by atoms with van der Waals surface area (Å²) in [5.74, 6) is 0.358. The highest BCUT2D eigenvalue weighted by Crippen LogP contribution is 2.28. The van der Waals surface area contributed by atoms with Gasteiger partial charge in [0.1, 0.15) is 6.26 Å². The van der Waals surface area contributed by atoms with Crippen molar-refractivity contribution in [1.82, 2.24) is 9.88 Å². The molecule has 6 nitrogen and oxygen atoms in total. The van der Waals surface area contributed by atoms with E-state index in [1.807, 2.05) is 5.38 Å². The molecule has 0 spiro atoms. The number of furan rings is 1. The van der Waals surface area contributed by atoms with Crippen molar-refractivity contribution in [2.24, 2.45) is 5.92 Å². The lowest BCUT2D eigenvalue weighted by molar-refractivity contribution is -0.121. The maximum absolute atomic E-state index is 12.7. The topological polar surface area (TPSA) is 75.4 Å². The number of anilines is 1. The van der Waals surface area contributed by atoms with Crippen LogP contribution in [0.25, 0.3) is 11.3 Å². The van der Waals surface area contributed by atoms with E-state index in [1.54, 1.807) is 11.0 Å². The molecule has 1 atom stereocenters. The minimum atomic E-state index is -0.115. The molecule has 1 fully saturated rings. The number of amides is 2. The van der Waals surface area contributed by atoms with Crippen LogP contribution in [0.5, 0.6) is 0 Å². The Kier molecular flexibility index (Phi) is 6.51. The molecule has 2 amide bonds. The van der Waals surface area contributed by atoms with Crippen molar-refractivity contribution in [2.45, 2.75) is 39.0 Å². The highest BCUT2D eigenvalue weighted by Gasteiger charge is 2.28. The molecular weight excluding hydrogens is 410 g/mol. The van der Waals surface area contributed by atoms with Gasteiger partial charge in [-0.25, -0.2) is 4.98 Å². The van der Waals surface area contributed by atoms with Crippen LogP contribution in [0.2, 0.25) is 0 Å². The van der Waals surface area contributed by atoms with Crippen LogP contribution in [0.4, 0.5) is 5.13 Å². The smallest absolute Gasteiger partial charge is 0.257 e. The molecule has 4 rings (SSSR count). The fourth-order valence-electron chi connectivity index (χ4n) is 3.80. The summed E-state index contributed by atoms with van der Waals surface area (Å²) in [6.45, 7) is 5.54. The van der Waals surface area contributed by atoms with Gasteiger partial charge in [0.2, 0.25) is 5.91 Å². The number of carbonyl (C=O) groups excluding carboxylic acids is 2. The summed E-state index contributed by atoms with van der Waals surface area (Å²) in [5.41, 5.74) is 3.80. The number of piperidine rings is 1. The SMILES string of the molecule is CCC(C)c1ccc(-c2csc(NC(=O)C3CCN(C(=O)c4ccoc4)CC3)n2)cc1. The van der Waals surface area contributed by atoms with Crippen molar-refractivity contribution in [1.29, 1.82) is 0 Å². The second kappa shape index (κ2) is 9.47. The van der Waals surface area contributed by atoms with Crippen molar-refractivity contribution >= 4 is 28.3 Å². The van der Waals surface area contributed by atoms with E-state index in [0.29, 0.717) is 42.5 Å². The van der Waals surface area contributed by atoms with Gasteiger partial charge in [0.05, 0.1) is 17.5 Å². The third-order valence-corrected chi connectivity index (χ3v) is 6.80. The van der Waals surface area contributed by atoms with E-state index in [9.17, 15) is 9.59 Å². The lowest BCUT2D eigenvalue weighted by Crippen LogP contribution is -2.41. The summed E-state index contributed by atoms with van der Waals surface area (Å²) < 4.78 is 4.99. The first-order valence-corrected chi connectivity index (χ1v) is 11.6. The van der Waals surface area contributed by atoms with Gasteiger partial charge in [-0.05, 0) is 36.8 Å². The van der Waals surface area contributed by atoms with E-state index in [4.69, 9.17) is 4.42 Å². The van der Waals surface area contributed by atoms with Crippen LogP contribution in [-0.2, 0) is 4.79 Å². The highest BCUT2D eigenvalue weighted by molar-refractivity contribution is 7.14. The largest absolute Gasteiger partial charge is 0.472 e. The fourth-order valence-corrected chi connectivity index (χ4v) is 4.53. The van der Waals surface area contributed by atoms with Gasteiger partial charge < -0.3 is 14.6 Å². The van der Waals surface area contributed by atoms with Crippen LogP contribution in [0.1, 0.15) is 54.9 Å². The van der Waals surface area contributed by atoms with Crippen molar-refractivity contribution in [3.05, 3.63) is 59.4 Å². The summed E-state index contributed by atoms with van der Waals surface area (Å²) in [6, 6.07) is 10.2. The number of hydrogen-bond acceptors (Lipinski definition) is 5. The number of likely N-dealkylation sites (tertiary alicyclic amines) is 1. The molecule has 3 aromatic rings. The number of aromatic nitrogens is 1. The van der Waals surface area contributed by atoms with Gasteiger partial charge in [-0.1, -0.05) is 38.1 Å². The Hall–Kier alpha value is -2.93. The summed E-state index contributed by atoms with van der Waals surface area (Å²) in [6.07, 6.45) is 5.35. The van der Waals surface area contributed by atoms with Crippen LogP contribution < -0.4 is 5.32 Å². The zero-order chi connectivity index (χ0) is 21.8. The molecule has 1 aliphatic rings. The van der Waals surface area contributed by atoms with E-state index in [1.165, 1.54) is 29.4 Å². The Morgan fingerprint density at radius 1 is 1.23 bits per heavy atom. The van der Waals surface area contributed by atoms with Gasteiger partial charge in [0.15, 0.2) is 5.13 Å². The monoisotopic (exact) mass is 437 g/mol. The quantitative estimate of drug-likeness (QED) is 0.560. The molecule has 2 aromatic heterocycles. The third kappa shape index (κ3) is 4.88. The second-order valence-electron chi connectivity index (χ2n) is 8.04. The lowest BCUT2D eigenvalue weighted by Gasteiger charge is -2.30. The maximum atomic E-state index is 12.7. The zero-order valence-corrected chi connectivity index (χ0v) is 18.7. The maximum Gasteiger partial charge on any atom is 0.257 e. The number of thiazole rings is 1. The van der Waals surface area contributed by atoms with Crippen LogP contribution in [0.15, 0.2) is 52.7 Å². The number of benzene rings is 1. The zero-order valence-electron chi connectivity index (χ0n) is 17.8. The Morgan fingerprint density at radius 2 is 1.97 bits per heavy atom. The van der Waals surface area contributed by atoms with Crippen LogP contribution in [0, 0.1) is 5.92 Å². The van der Waals surface area contributed by atoms with E-state index in [-0.39, 0.29) is 17.7 Å². The molecule has 1 saturated heterocycles. The standard InChI is InChI=1S/C24H27N3O3S/c1-3-16(2)17-4-6-18(7-5-17)21-15-31-24(25-21)26-22(28)19-8-11-27(12-9-19)23(29)20-10-13-30-14-20/h4-7,10,13-16,19H,3,8-9,11-12H2,1-2H3,(H,25,26,28). The Labute approximate surface area is 186 Å². The fraction of sp³-hybridized carbons (Fsp3) is 0.375. The molecule has 7 heteroatoms. The van der Waals surface area contributed by atoms with Crippen LogP contribution in [-0.4, -0.2) is 34.8 Å². The lowest BCUT2D eigenvalue weighted by atomic mass is 9.95. The van der Waals surface area contributed by atoms with Gasteiger partial charge in [-0.2, -0.15) is 0 Å². The van der Waals surface area contributed by atoms with E-state index in [2.05, 4.69) is 48.4 Å². The molecule has 0 aliphatic carbocycles. The number of hydrogen-bond donors (Lipinski definition) is 1. The van der Waals surface area contributed by atoms with Crippen LogP contribution >= 0.6 is 11.3 Å². The highest BCUT2D eigenvalue weighted by atomic mass is 32.1. The van der Waals surface area contributed by atoms with Gasteiger partial charge in [-0.3, -0.25) is 9.59 Å². The molecule has 0 bridgehead atoms. The average molecular weight is 438 g/mol. The minimum absolute atomic E-state index is 0.0246. The van der Waals surface area contributed by atoms with E-state index in [0.717, 1.165) is 17.7 Å². The molecule has 0 saturated carbocycles. The molecule has 31 heavy (non-hydrogen) atoms. The van der Waals surface area contributed by atoms with Gasteiger partial charge >= 0.3 is 0 Å². The average Bonchev–Trinajstić information content (AvgIpc) is 3.51. The minimum Gasteiger partial charge on any atom is -0.472 e. The molecule has 1 unspecified atom stereocenters. The normalized spacial score (nSPS) is 15.6. The molecule has 1 aliphatic heterocycles. The predicted molar refractivity (Wildman–Crippen MR) is 122 cm³/mol. The van der Waals surface area contributed by atoms with Gasteiger partial charge in [0.25, 0.3) is 5.91 Å². The first-order valence-electron chi connectivity index (χ1n) is 10.7. The first-order chi connectivity index (χ1) is 15.0. The van der Waals surface area contributed by atoms with E-state index < -0.39 is 0 Å². The molecule has 1 aromatic carbocycles. The summed E-state index contributed by atoms with van der Waals surface area (Å²) >= 11 is 1.44. The number of carbonyl (C=O) groups is 2. The summed E-state index contributed by atoms with van der Waals surface area (Å²) in [4.78, 5) is 31.5. The summed E-state index contributed by atoms with van der Waals surface area (Å²) in [7, 11) is 0. The van der Waals surface area contributed by atoms with Gasteiger partial charge in [0, 0.05) is 30.0 Å². The Balaban J connectivity index is 1.32. The predicted octanol–water partition coefficient (Wildman–Crippen LogP) is 5.41. The van der Waals surface area contributed by atoms with Crippen molar-refractivity contribution in [3.63, 3.8) is 0 Å². The van der Waals surface area contributed by atoms with E-state index >= 15 is 0 Å². The van der Waals surface area contributed by atoms with Crippen molar-refractivity contribution < 1.29 is 14.0 Å². The number of nitrogens with one attached hydrogen (secondary N) is 1. The third-order valence-electron chi connectivity index (χ3n) is 6.04. The summed E-state index contributed by atoms with van der Waals surface area (Å²) in [5, 5.41) is 5.55. The molecular formula is C24H27N3O3S. The van der Waals surface area contributed by atoms with Crippen molar-refractivity contribution in [3.8, 4) is 11.3 Å². The second-order valence-corrected chi connectivity index (χ2v) is 8.90. The Bertz CT molecular complexity index is 1020. The Morgan fingerprint density at radius 3 is 2.61 bits per heavy atom. The molecule has 162 valence electrons. The first kappa shape index (κ1) is 21.3. The van der Waals surface area contributed by atoms with Crippen molar-refractivity contribution in [2.75, 3.05) is 18.4 Å². The molecule has 1 N–H and O–H groups in total. The number of rotatable bonds is 6.